The summed E-state index contributed by atoms with van der Waals surface area (Å²) in [6.45, 7) is 10.5. The SMILES string of the molecule is CCCCCN(Cc1ncccc1C)C[C@H]1CN(Cc2ccc(C(F)(F)F)cc2)CCN1. The van der Waals surface area contributed by atoms with E-state index >= 15 is 0 Å². The summed E-state index contributed by atoms with van der Waals surface area (Å²) >= 11 is 0. The minimum absolute atomic E-state index is 0.323. The fourth-order valence-corrected chi connectivity index (χ4v) is 4.25. The number of hydrogen-bond acceptors (Lipinski definition) is 4. The molecule has 176 valence electrons. The maximum absolute atomic E-state index is 12.8. The minimum Gasteiger partial charge on any atom is -0.310 e. The lowest BCUT2D eigenvalue weighted by Crippen LogP contribution is -2.54. The standard InChI is InChI=1S/C25H35F3N4/c1-3-4-5-14-31(19-24-20(2)7-6-12-30-24)17-23-18-32(15-13-29-23)16-21-8-10-22(11-9-21)25(26,27)28/h6-12,23,29H,3-5,13-19H2,1-2H3/t23-/m0/s1. The number of nitrogens with zero attached hydrogens (tertiary/aromatic N) is 3. The van der Waals surface area contributed by atoms with Gasteiger partial charge in [-0.25, -0.2) is 0 Å². The van der Waals surface area contributed by atoms with Gasteiger partial charge >= 0.3 is 6.18 Å². The lowest BCUT2D eigenvalue weighted by molar-refractivity contribution is -0.137. The molecule has 1 atom stereocenters. The third kappa shape index (κ3) is 7.57. The van der Waals surface area contributed by atoms with Gasteiger partial charge < -0.3 is 5.32 Å². The van der Waals surface area contributed by atoms with Crippen LogP contribution in [0.1, 0.15) is 48.6 Å². The van der Waals surface area contributed by atoms with Gasteiger partial charge in [-0.1, -0.05) is 38.0 Å². The van der Waals surface area contributed by atoms with Crippen LogP contribution < -0.4 is 5.32 Å². The normalized spacial score (nSPS) is 17.8. The van der Waals surface area contributed by atoms with Crippen molar-refractivity contribution in [2.24, 2.45) is 0 Å². The largest absolute Gasteiger partial charge is 0.416 e. The van der Waals surface area contributed by atoms with Crippen LogP contribution in [0.3, 0.4) is 0 Å². The van der Waals surface area contributed by atoms with Gasteiger partial charge in [0.05, 0.1) is 11.3 Å². The Hall–Kier alpha value is -1.96. The molecular formula is C25H35F3N4. The summed E-state index contributed by atoms with van der Waals surface area (Å²) in [5, 5.41) is 3.63. The topological polar surface area (TPSA) is 31.4 Å². The van der Waals surface area contributed by atoms with Crippen LogP contribution in [0.2, 0.25) is 0 Å². The van der Waals surface area contributed by atoms with Crippen molar-refractivity contribution < 1.29 is 13.2 Å². The Morgan fingerprint density at radius 2 is 1.94 bits per heavy atom. The first-order valence-corrected chi connectivity index (χ1v) is 11.6. The van der Waals surface area contributed by atoms with Crippen molar-refractivity contribution in [2.45, 2.75) is 58.4 Å². The number of benzene rings is 1. The Bertz CT molecular complexity index is 823. The molecule has 1 aliphatic heterocycles. The molecule has 1 saturated heterocycles. The second kappa shape index (κ2) is 11.8. The van der Waals surface area contributed by atoms with Crippen LogP contribution in [0.15, 0.2) is 42.6 Å². The van der Waals surface area contributed by atoms with Gasteiger partial charge in [0.15, 0.2) is 0 Å². The molecule has 1 N–H and O–H groups in total. The Morgan fingerprint density at radius 1 is 1.16 bits per heavy atom. The molecule has 1 fully saturated rings. The van der Waals surface area contributed by atoms with Crippen molar-refractivity contribution in [3.63, 3.8) is 0 Å². The van der Waals surface area contributed by atoms with Crippen molar-refractivity contribution in [1.82, 2.24) is 20.1 Å². The van der Waals surface area contributed by atoms with Gasteiger partial charge in [0.1, 0.15) is 0 Å². The summed E-state index contributed by atoms with van der Waals surface area (Å²) < 4.78 is 38.4. The molecule has 1 aliphatic rings. The molecule has 2 aromatic rings. The molecule has 32 heavy (non-hydrogen) atoms. The van der Waals surface area contributed by atoms with Crippen molar-refractivity contribution in [3.8, 4) is 0 Å². The molecule has 0 saturated carbocycles. The van der Waals surface area contributed by atoms with Gasteiger partial charge in [-0.2, -0.15) is 13.2 Å². The maximum atomic E-state index is 12.8. The Labute approximate surface area is 189 Å². The summed E-state index contributed by atoms with van der Waals surface area (Å²) in [7, 11) is 0. The van der Waals surface area contributed by atoms with E-state index in [2.05, 4.69) is 40.0 Å². The van der Waals surface area contributed by atoms with Crippen LogP contribution in [-0.4, -0.2) is 53.5 Å². The highest BCUT2D eigenvalue weighted by Crippen LogP contribution is 2.29. The summed E-state index contributed by atoms with van der Waals surface area (Å²) in [5.74, 6) is 0. The van der Waals surface area contributed by atoms with E-state index in [9.17, 15) is 13.2 Å². The highest BCUT2D eigenvalue weighted by Gasteiger charge is 2.30. The van der Waals surface area contributed by atoms with Gasteiger partial charge in [-0.05, 0) is 49.2 Å². The van der Waals surface area contributed by atoms with Crippen LogP contribution in [0, 0.1) is 6.92 Å². The third-order valence-electron chi connectivity index (χ3n) is 6.07. The van der Waals surface area contributed by atoms with E-state index in [0.29, 0.717) is 12.6 Å². The Kier molecular flexibility index (Phi) is 9.08. The molecule has 1 aromatic carbocycles. The zero-order valence-electron chi connectivity index (χ0n) is 19.2. The number of hydrogen-bond donors (Lipinski definition) is 1. The van der Waals surface area contributed by atoms with Crippen LogP contribution in [0.4, 0.5) is 13.2 Å². The van der Waals surface area contributed by atoms with Crippen LogP contribution in [-0.2, 0) is 19.3 Å². The third-order valence-corrected chi connectivity index (χ3v) is 6.07. The zero-order valence-corrected chi connectivity index (χ0v) is 19.2. The second-order valence-electron chi connectivity index (χ2n) is 8.79. The molecule has 0 spiro atoms. The van der Waals surface area contributed by atoms with E-state index in [1.807, 2.05) is 12.3 Å². The number of halogens is 3. The summed E-state index contributed by atoms with van der Waals surface area (Å²) in [4.78, 5) is 9.41. The number of alkyl halides is 3. The molecule has 7 heteroatoms. The average molecular weight is 449 g/mol. The van der Waals surface area contributed by atoms with E-state index in [-0.39, 0.29) is 0 Å². The first-order chi connectivity index (χ1) is 15.3. The average Bonchev–Trinajstić information content (AvgIpc) is 2.75. The van der Waals surface area contributed by atoms with E-state index in [1.165, 1.54) is 37.0 Å². The first kappa shape index (κ1) is 24.7. The number of pyridine rings is 1. The second-order valence-corrected chi connectivity index (χ2v) is 8.79. The fourth-order valence-electron chi connectivity index (χ4n) is 4.25. The highest BCUT2D eigenvalue weighted by atomic mass is 19.4. The Balaban J connectivity index is 1.58. The lowest BCUT2D eigenvalue weighted by atomic mass is 10.1. The number of nitrogens with one attached hydrogen (secondary N) is 1. The Morgan fingerprint density at radius 3 is 2.62 bits per heavy atom. The zero-order chi connectivity index (χ0) is 23.0. The van der Waals surface area contributed by atoms with Crippen LogP contribution in [0.5, 0.6) is 0 Å². The monoisotopic (exact) mass is 448 g/mol. The molecular weight excluding hydrogens is 413 g/mol. The molecule has 3 rings (SSSR count). The number of piperazine rings is 1. The van der Waals surface area contributed by atoms with Gasteiger partial charge in [-0.3, -0.25) is 14.8 Å². The van der Waals surface area contributed by atoms with Gasteiger partial charge in [0, 0.05) is 51.5 Å². The number of aromatic nitrogens is 1. The van der Waals surface area contributed by atoms with Crippen molar-refractivity contribution in [1.29, 1.82) is 0 Å². The van der Waals surface area contributed by atoms with Gasteiger partial charge in [-0.15, -0.1) is 0 Å². The predicted molar refractivity (Wildman–Crippen MR) is 122 cm³/mol. The number of rotatable bonds is 10. The van der Waals surface area contributed by atoms with Gasteiger partial charge in [0.2, 0.25) is 0 Å². The smallest absolute Gasteiger partial charge is 0.310 e. The van der Waals surface area contributed by atoms with E-state index in [0.717, 1.165) is 50.5 Å². The fraction of sp³-hybridized carbons (Fsp3) is 0.560. The molecule has 0 radical (unpaired) electrons. The van der Waals surface area contributed by atoms with Gasteiger partial charge in [0.25, 0.3) is 0 Å². The molecule has 0 aliphatic carbocycles. The molecule has 0 unspecified atom stereocenters. The van der Waals surface area contributed by atoms with Crippen LogP contribution >= 0.6 is 0 Å². The minimum atomic E-state index is -4.29. The molecule has 0 bridgehead atoms. The van der Waals surface area contributed by atoms with Crippen molar-refractivity contribution >= 4 is 0 Å². The number of unbranched alkanes of at least 4 members (excludes halogenated alkanes) is 2. The molecule has 0 amide bonds. The van der Waals surface area contributed by atoms with Crippen molar-refractivity contribution in [2.75, 3.05) is 32.7 Å². The summed E-state index contributed by atoms with van der Waals surface area (Å²) in [6.07, 6.45) is 1.16. The van der Waals surface area contributed by atoms with E-state index < -0.39 is 11.7 Å². The first-order valence-electron chi connectivity index (χ1n) is 11.6. The molecule has 2 heterocycles. The highest BCUT2D eigenvalue weighted by molar-refractivity contribution is 5.24. The predicted octanol–water partition coefficient (Wildman–Crippen LogP) is 4.88. The quantitative estimate of drug-likeness (QED) is 0.525. The van der Waals surface area contributed by atoms with Crippen LogP contribution in [0.25, 0.3) is 0 Å². The van der Waals surface area contributed by atoms with E-state index in [1.54, 1.807) is 12.1 Å². The number of aryl methyl sites for hydroxylation is 1. The van der Waals surface area contributed by atoms with Crippen molar-refractivity contribution in [3.05, 3.63) is 65.0 Å². The summed E-state index contributed by atoms with van der Waals surface area (Å²) in [5.41, 5.74) is 2.67. The van der Waals surface area contributed by atoms with E-state index in [4.69, 9.17) is 0 Å². The lowest BCUT2D eigenvalue weighted by Gasteiger charge is -2.36. The molecule has 1 aromatic heterocycles. The summed E-state index contributed by atoms with van der Waals surface area (Å²) in [6, 6.07) is 9.96. The maximum Gasteiger partial charge on any atom is 0.416 e. The molecule has 4 nitrogen and oxygen atoms in total.